The second-order valence-electron chi connectivity index (χ2n) is 5.04. The number of carbonyl (C=O) groups excluding carboxylic acids is 1. The Bertz CT molecular complexity index is 464. The average molecular weight is 277 g/mol. The van der Waals surface area contributed by atoms with Crippen molar-refractivity contribution in [2.45, 2.75) is 19.4 Å². The number of para-hydroxylation sites is 2. The molecule has 1 aromatic carbocycles. The van der Waals surface area contributed by atoms with Crippen molar-refractivity contribution in [3.8, 4) is 0 Å². The largest absolute Gasteiger partial charge is 0.465 e. The summed E-state index contributed by atoms with van der Waals surface area (Å²) in [7, 11) is 2.10. The van der Waals surface area contributed by atoms with Crippen molar-refractivity contribution < 1.29 is 9.53 Å². The van der Waals surface area contributed by atoms with E-state index in [1.54, 1.807) is 6.92 Å². The number of esters is 1. The number of hydrogen-bond donors (Lipinski definition) is 1. The monoisotopic (exact) mass is 277 g/mol. The number of nitrogens with zero attached hydrogens (tertiary/aromatic N) is 2. The summed E-state index contributed by atoms with van der Waals surface area (Å²) in [6.45, 7) is 4.87. The van der Waals surface area contributed by atoms with Crippen LogP contribution in [0.25, 0.3) is 0 Å². The Labute approximate surface area is 120 Å². The van der Waals surface area contributed by atoms with Crippen LogP contribution in [0, 0.1) is 0 Å². The van der Waals surface area contributed by atoms with Gasteiger partial charge in [0.1, 0.15) is 6.04 Å². The lowest BCUT2D eigenvalue weighted by atomic mass is 10.1. The Morgan fingerprint density at radius 3 is 2.75 bits per heavy atom. The van der Waals surface area contributed by atoms with Gasteiger partial charge in [-0.15, -0.1) is 0 Å². The second kappa shape index (κ2) is 6.61. The maximum absolute atomic E-state index is 11.5. The lowest BCUT2D eigenvalue weighted by molar-refractivity contribution is -0.144. The predicted molar refractivity (Wildman–Crippen MR) is 81.2 cm³/mol. The summed E-state index contributed by atoms with van der Waals surface area (Å²) in [5.41, 5.74) is 8.29. The number of ether oxygens (including phenoxy) is 1. The van der Waals surface area contributed by atoms with Crippen LogP contribution in [0.3, 0.4) is 0 Å². The van der Waals surface area contributed by atoms with Crippen LogP contribution in [0.2, 0.25) is 0 Å². The van der Waals surface area contributed by atoms with Gasteiger partial charge in [-0.3, -0.25) is 4.79 Å². The minimum absolute atomic E-state index is 0.310. The highest BCUT2D eigenvalue weighted by atomic mass is 16.5. The van der Waals surface area contributed by atoms with Gasteiger partial charge in [-0.2, -0.15) is 0 Å². The highest BCUT2D eigenvalue weighted by Gasteiger charge is 2.21. The first-order valence-corrected chi connectivity index (χ1v) is 7.10. The fourth-order valence-corrected chi connectivity index (χ4v) is 2.46. The number of carbonyl (C=O) groups is 1. The van der Waals surface area contributed by atoms with Crippen molar-refractivity contribution in [1.29, 1.82) is 0 Å². The van der Waals surface area contributed by atoms with Crippen LogP contribution in [-0.4, -0.2) is 45.3 Å². The molecule has 1 heterocycles. The summed E-state index contributed by atoms with van der Waals surface area (Å²) in [4.78, 5) is 16.1. The van der Waals surface area contributed by atoms with Gasteiger partial charge in [-0.25, -0.2) is 0 Å². The minimum Gasteiger partial charge on any atom is -0.465 e. The van der Waals surface area contributed by atoms with E-state index in [1.807, 2.05) is 12.1 Å². The lowest BCUT2D eigenvalue weighted by Gasteiger charge is -2.37. The number of rotatable bonds is 5. The van der Waals surface area contributed by atoms with E-state index in [1.165, 1.54) is 11.4 Å². The quantitative estimate of drug-likeness (QED) is 0.820. The van der Waals surface area contributed by atoms with E-state index in [2.05, 4.69) is 29.0 Å². The lowest BCUT2D eigenvalue weighted by Crippen LogP contribution is -2.42. The predicted octanol–water partition coefficient (Wildman–Crippen LogP) is 1.22. The number of fused-ring (bicyclic) bond motifs is 1. The van der Waals surface area contributed by atoms with E-state index in [9.17, 15) is 4.79 Å². The van der Waals surface area contributed by atoms with Crippen LogP contribution in [0.4, 0.5) is 11.4 Å². The first-order valence-electron chi connectivity index (χ1n) is 7.10. The Kier molecular flexibility index (Phi) is 4.84. The molecule has 1 aliphatic heterocycles. The molecule has 1 aliphatic rings. The highest BCUT2D eigenvalue weighted by molar-refractivity contribution is 5.76. The molecule has 2 N–H and O–H groups in total. The third-order valence-electron chi connectivity index (χ3n) is 3.64. The molecule has 5 heteroatoms. The first kappa shape index (κ1) is 14.7. The fourth-order valence-electron chi connectivity index (χ4n) is 2.46. The Morgan fingerprint density at radius 2 is 2.05 bits per heavy atom. The molecule has 0 saturated carbocycles. The Morgan fingerprint density at radius 1 is 1.35 bits per heavy atom. The van der Waals surface area contributed by atoms with E-state index in [4.69, 9.17) is 10.5 Å². The SMILES string of the molecule is CCOC(=O)C(N)CCN1CCN(C)c2ccccc21. The van der Waals surface area contributed by atoms with Gasteiger partial charge in [0.25, 0.3) is 0 Å². The molecule has 2 rings (SSSR count). The number of nitrogens with two attached hydrogens (primary N) is 1. The molecule has 0 fully saturated rings. The van der Waals surface area contributed by atoms with Crippen molar-refractivity contribution in [2.75, 3.05) is 43.1 Å². The van der Waals surface area contributed by atoms with E-state index in [-0.39, 0.29) is 5.97 Å². The molecule has 0 aliphatic carbocycles. The normalized spacial score (nSPS) is 15.8. The summed E-state index contributed by atoms with van der Waals surface area (Å²) in [5, 5.41) is 0. The summed E-state index contributed by atoms with van der Waals surface area (Å²) in [6, 6.07) is 7.77. The molecule has 0 spiro atoms. The van der Waals surface area contributed by atoms with E-state index in [0.717, 1.165) is 19.6 Å². The third kappa shape index (κ3) is 3.22. The van der Waals surface area contributed by atoms with Crippen LogP contribution < -0.4 is 15.5 Å². The van der Waals surface area contributed by atoms with E-state index >= 15 is 0 Å². The summed E-state index contributed by atoms with van der Waals surface area (Å²) in [6.07, 6.45) is 0.608. The average Bonchev–Trinajstić information content (AvgIpc) is 2.47. The maximum atomic E-state index is 11.5. The molecule has 0 saturated heterocycles. The molecule has 0 aromatic heterocycles. The molecule has 5 nitrogen and oxygen atoms in total. The standard InChI is InChI=1S/C15H23N3O2/c1-3-20-15(19)12(16)8-9-18-11-10-17(2)13-6-4-5-7-14(13)18/h4-7,12H,3,8-11,16H2,1-2H3. The zero-order valence-corrected chi connectivity index (χ0v) is 12.2. The molecular formula is C15H23N3O2. The van der Waals surface area contributed by atoms with Crippen LogP contribution >= 0.6 is 0 Å². The van der Waals surface area contributed by atoms with Crippen LogP contribution in [-0.2, 0) is 9.53 Å². The molecule has 1 atom stereocenters. The van der Waals surface area contributed by atoms with Crippen LogP contribution in [0.1, 0.15) is 13.3 Å². The van der Waals surface area contributed by atoms with E-state index in [0.29, 0.717) is 13.0 Å². The van der Waals surface area contributed by atoms with Gasteiger partial charge in [-0.05, 0) is 25.5 Å². The topological polar surface area (TPSA) is 58.8 Å². The van der Waals surface area contributed by atoms with Gasteiger partial charge in [0, 0.05) is 26.7 Å². The molecule has 0 bridgehead atoms. The number of benzene rings is 1. The zero-order valence-electron chi connectivity index (χ0n) is 12.2. The van der Waals surface area contributed by atoms with Gasteiger partial charge in [0.15, 0.2) is 0 Å². The van der Waals surface area contributed by atoms with Crippen molar-refractivity contribution in [3.63, 3.8) is 0 Å². The molecule has 110 valence electrons. The van der Waals surface area contributed by atoms with Gasteiger partial charge in [0.05, 0.1) is 18.0 Å². The summed E-state index contributed by atoms with van der Waals surface area (Å²) < 4.78 is 4.94. The fraction of sp³-hybridized carbons (Fsp3) is 0.533. The number of hydrogen-bond acceptors (Lipinski definition) is 5. The zero-order chi connectivity index (χ0) is 14.5. The molecule has 0 radical (unpaired) electrons. The van der Waals surface area contributed by atoms with Crippen LogP contribution in [0.15, 0.2) is 24.3 Å². The second-order valence-corrected chi connectivity index (χ2v) is 5.04. The Balaban J connectivity index is 1.98. The molecular weight excluding hydrogens is 254 g/mol. The number of likely N-dealkylation sites (N-methyl/N-ethyl adjacent to an activating group) is 1. The van der Waals surface area contributed by atoms with Gasteiger partial charge in [0.2, 0.25) is 0 Å². The van der Waals surface area contributed by atoms with Gasteiger partial charge in [-0.1, -0.05) is 12.1 Å². The third-order valence-corrected chi connectivity index (χ3v) is 3.64. The molecule has 0 amide bonds. The smallest absolute Gasteiger partial charge is 0.322 e. The highest BCUT2D eigenvalue weighted by Crippen LogP contribution is 2.31. The maximum Gasteiger partial charge on any atom is 0.322 e. The van der Waals surface area contributed by atoms with Gasteiger partial charge < -0.3 is 20.3 Å². The Hall–Kier alpha value is -1.75. The van der Waals surface area contributed by atoms with Gasteiger partial charge >= 0.3 is 5.97 Å². The first-order chi connectivity index (χ1) is 9.63. The van der Waals surface area contributed by atoms with Crippen molar-refractivity contribution in [1.82, 2.24) is 0 Å². The minimum atomic E-state index is -0.540. The summed E-state index contributed by atoms with van der Waals surface area (Å²) >= 11 is 0. The van der Waals surface area contributed by atoms with E-state index < -0.39 is 6.04 Å². The van der Waals surface area contributed by atoms with Crippen molar-refractivity contribution >= 4 is 17.3 Å². The van der Waals surface area contributed by atoms with Crippen molar-refractivity contribution in [2.24, 2.45) is 5.73 Å². The molecule has 1 unspecified atom stereocenters. The molecule has 20 heavy (non-hydrogen) atoms. The van der Waals surface area contributed by atoms with Crippen molar-refractivity contribution in [3.05, 3.63) is 24.3 Å². The number of anilines is 2. The summed E-state index contributed by atoms with van der Waals surface area (Å²) in [5.74, 6) is -0.310. The van der Waals surface area contributed by atoms with Crippen LogP contribution in [0.5, 0.6) is 0 Å². The molecule has 1 aromatic rings.